The Morgan fingerprint density at radius 3 is 2.63 bits per heavy atom. The molecule has 30 heavy (non-hydrogen) atoms. The molecule has 1 aliphatic heterocycles. The predicted molar refractivity (Wildman–Crippen MR) is 122 cm³/mol. The van der Waals surface area contributed by atoms with Crippen molar-refractivity contribution in [3.8, 4) is 0 Å². The van der Waals surface area contributed by atoms with Crippen LogP contribution in [-0.4, -0.2) is 67.1 Å². The third-order valence-electron chi connectivity index (χ3n) is 5.54. The van der Waals surface area contributed by atoms with Crippen LogP contribution in [0.2, 0.25) is 0 Å². The minimum Gasteiger partial charge on any atom is -0.379 e. The number of aromatic nitrogens is 2. The van der Waals surface area contributed by atoms with Crippen LogP contribution in [0.15, 0.2) is 35.3 Å². The lowest BCUT2D eigenvalue weighted by Crippen LogP contribution is -2.46. The first kappa shape index (κ1) is 22.3. The van der Waals surface area contributed by atoms with Gasteiger partial charge in [-0.15, -0.1) is 0 Å². The fourth-order valence-electron chi connectivity index (χ4n) is 3.98. The summed E-state index contributed by atoms with van der Waals surface area (Å²) in [6.07, 6.45) is 0.993. The van der Waals surface area contributed by atoms with Gasteiger partial charge in [0.25, 0.3) is 0 Å². The zero-order chi connectivity index (χ0) is 21.3. The minimum atomic E-state index is 0.294. The first-order valence-electron chi connectivity index (χ1n) is 10.9. The van der Waals surface area contributed by atoms with E-state index in [0.29, 0.717) is 6.04 Å². The predicted octanol–water partition coefficient (Wildman–Crippen LogP) is 2.44. The molecule has 1 aromatic carbocycles. The van der Waals surface area contributed by atoms with Crippen molar-refractivity contribution < 1.29 is 4.74 Å². The van der Waals surface area contributed by atoms with Crippen LogP contribution in [0.5, 0.6) is 0 Å². The topological polar surface area (TPSA) is 66.7 Å². The number of morpholine rings is 1. The Labute approximate surface area is 180 Å². The van der Waals surface area contributed by atoms with E-state index in [-0.39, 0.29) is 0 Å². The molecule has 0 amide bonds. The zero-order valence-electron chi connectivity index (χ0n) is 18.8. The van der Waals surface area contributed by atoms with Gasteiger partial charge in [-0.05, 0) is 38.8 Å². The summed E-state index contributed by atoms with van der Waals surface area (Å²) in [5, 5.41) is 11.5. The van der Waals surface area contributed by atoms with Crippen molar-refractivity contribution in [2.45, 2.75) is 39.8 Å². The van der Waals surface area contributed by atoms with E-state index >= 15 is 0 Å². The van der Waals surface area contributed by atoms with Crippen molar-refractivity contribution in [3.63, 3.8) is 0 Å². The highest BCUT2D eigenvalue weighted by Gasteiger charge is 2.23. The van der Waals surface area contributed by atoms with Crippen molar-refractivity contribution in [2.75, 3.05) is 46.4 Å². The van der Waals surface area contributed by atoms with E-state index < -0.39 is 0 Å². The Bertz CT molecular complexity index is 825. The van der Waals surface area contributed by atoms with E-state index in [0.717, 1.165) is 64.0 Å². The Morgan fingerprint density at radius 2 is 1.97 bits per heavy atom. The number of guanidine groups is 1. The van der Waals surface area contributed by atoms with Crippen molar-refractivity contribution in [1.82, 2.24) is 25.3 Å². The average Bonchev–Trinajstić information content (AvgIpc) is 3.07. The second-order valence-electron chi connectivity index (χ2n) is 7.96. The van der Waals surface area contributed by atoms with Gasteiger partial charge in [0.15, 0.2) is 5.96 Å². The summed E-state index contributed by atoms with van der Waals surface area (Å²) in [5.41, 5.74) is 4.91. The van der Waals surface area contributed by atoms with Crippen LogP contribution in [0.4, 0.5) is 0 Å². The summed E-state index contributed by atoms with van der Waals surface area (Å²) in [6.45, 7) is 12.3. The molecule has 3 rings (SSSR count). The molecule has 7 nitrogen and oxygen atoms in total. The van der Waals surface area contributed by atoms with Crippen LogP contribution >= 0.6 is 0 Å². The van der Waals surface area contributed by atoms with Gasteiger partial charge in [0.05, 0.1) is 24.9 Å². The number of nitrogens with zero attached hydrogens (tertiary/aromatic N) is 4. The molecule has 2 aromatic rings. The fourth-order valence-corrected chi connectivity index (χ4v) is 3.98. The van der Waals surface area contributed by atoms with E-state index in [4.69, 9.17) is 4.74 Å². The molecule has 164 valence electrons. The molecule has 1 unspecified atom stereocenters. The number of hydrogen-bond acceptors (Lipinski definition) is 4. The van der Waals surface area contributed by atoms with Gasteiger partial charge < -0.3 is 15.4 Å². The first-order valence-corrected chi connectivity index (χ1v) is 10.9. The Balaban J connectivity index is 1.53. The van der Waals surface area contributed by atoms with Gasteiger partial charge in [0.1, 0.15) is 0 Å². The van der Waals surface area contributed by atoms with Gasteiger partial charge in [0, 0.05) is 45.5 Å². The van der Waals surface area contributed by atoms with E-state index in [1.807, 2.05) is 14.0 Å². The number of hydrogen-bond donors (Lipinski definition) is 2. The maximum Gasteiger partial charge on any atom is 0.191 e. The monoisotopic (exact) mass is 412 g/mol. The third-order valence-corrected chi connectivity index (χ3v) is 5.54. The number of aliphatic imine (C=N–C) groups is 1. The summed E-state index contributed by atoms with van der Waals surface area (Å²) in [7, 11) is 1.83. The molecule has 2 N–H and O–H groups in total. The summed E-state index contributed by atoms with van der Waals surface area (Å²) in [4.78, 5) is 6.91. The molecule has 1 saturated heterocycles. The second kappa shape index (κ2) is 11.1. The van der Waals surface area contributed by atoms with Crippen LogP contribution in [0, 0.1) is 20.8 Å². The van der Waals surface area contributed by atoms with E-state index in [2.05, 4.69) is 74.5 Å². The molecule has 1 fully saturated rings. The molecule has 2 heterocycles. The summed E-state index contributed by atoms with van der Waals surface area (Å²) >= 11 is 0. The number of rotatable bonds is 8. The van der Waals surface area contributed by atoms with Crippen molar-refractivity contribution in [3.05, 3.63) is 52.8 Å². The van der Waals surface area contributed by atoms with Crippen LogP contribution in [0.25, 0.3) is 0 Å². The molecule has 1 aliphatic rings. The molecule has 7 heteroatoms. The molecular weight excluding hydrogens is 376 g/mol. The SMILES string of the molecule is CN=C(NCCCn1nc(C)cc1C)NCC(c1cccc(C)c1)N1CCOCC1. The highest BCUT2D eigenvalue weighted by Crippen LogP contribution is 2.22. The van der Waals surface area contributed by atoms with Crippen molar-refractivity contribution in [2.24, 2.45) is 4.99 Å². The fraction of sp³-hybridized carbons (Fsp3) is 0.565. The van der Waals surface area contributed by atoms with E-state index in [1.54, 1.807) is 0 Å². The first-order chi connectivity index (χ1) is 14.6. The Hall–Kier alpha value is -2.38. The smallest absolute Gasteiger partial charge is 0.191 e. The molecule has 1 aromatic heterocycles. The number of benzene rings is 1. The maximum atomic E-state index is 5.56. The zero-order valence-corrected chi connectivity index (χ0v) is 18.8. The van der Waals surface area contributed by atoms with Crippen LogP contribution in [0.1, 0.15) is 35.0 Å². The van der Waals surface area contributed by atoms with Crippen LogP contribution < -0.4 is 10.6 Å². The normalized spacial score (nSPS) is 16.5. The lowest BCUT2D eigenvalue weighted by molar-refractivity contribution is 0.0170. The van der Waals surface area contributed by atoms with Crippen LogP contribution in [0.3, 0.4) is 0 Å². The van der Waals surface area contributed by atoms with Crippen LogP contribution in [-0.2, 0) is 11.3 Å². The maximum absolute atomic E-state index is 5.56. The lowest BCUT2D eigenvalue weighted by Gasteiger charge is -2.35. The lowest BCUT2D eigenvalue weighted by atomic mass is 10.0. The molecule has 0 saturated carbocycles. The molecule has 1 atom stereocenters. The number of nitrogens with one attached hydrogen (secondary N) is 2. The standard InChI is InChI=1S/C23H36N6O/c1-18-7-5-8-21(15-18)22(28-11-13-30-14-12-28)17-26-23(24-4)25-9-6-10-29-20(3)16-19(2)27-29/h5,7-8,15-16,22H,6,9-14,17H2,1-4H3,(H2,24,25,26). The van der Waals surface area contributed by atoms with Crippen molar-refractivity contribution in [1.29, 1.82) is 0 Å². The van der Waals surface area contributed by atoms with Gasteiger partial charge in [-0.2, -0.15) is 5.10 Å². The number of aryl methyl sites for hydroxylation is 4. The quantitative estimate of drug-likeness (QED) is 0.396. The van der Waals surface area contributed by atoms with Gasteiger partial charge in [-0.3, -0.25) is 14.6 Å². The van der Waals surface area contributed by atoms with E-state index in [9.17, 15) is 0 Å². The molecule has 0 radical (unpaired) electrons. The van der Waals surface area contributed by atoms with Gasteiger partial charge in [-0.1, -0.05) is 29.8 Å². The highest BCUT2D eigenvalue weighted by atomic mass is 16.5. The highest BCUT2D eigenvalue weighted by molar-refractivity contribution is 5.79. The van der Waals surface area contributed by atoms with Gasteiger partial charge >= 0.3 is 0 Å². The summed E-state index contributed by atoms with van der Waals surface area (Å²) in [6, 6.07) is 11.2. The Morgan fingerprint density at radius 1 is 1.17 bits per heavy atom. The van der Waals surface area contributed by atoms with E-state index in [1.165, 1.54) is 16.8 Å². The Kier molecular flexibility index (Phi) is 8.28. The third kappa shape index (κ3) is 6.31. The summed E-state index contributed by atoms with van der Waals surface area (Å²) in [5.74, 6) is 0.842. The average molecular weight is 413 g/mol. The summed E-state index contributed by atoms with van der Waals surface area (Å²) < 4.78 is 7.63. The molecular formula is C23H36N6O. The minimum absolute atomic E-state index is 0.294. The van der Waals surface area contributed by atoms with Gasteiger partial charge in [0.2, 0.25) is 0 Å². The van der Waals surface area contributed by atoms with Gasteiger partial charge in [-0.25, -0.2) is 0 Å². The molecule has 0 aliphatic carbocycles. The molecule has 0 spiro atoms. The molecule has 0 bridgehead atoms. The largest absolute Gasteiger partial charge is 0.379 e. The number of ether oxygens (including phenoxy) is 1. The second-order valence-corrected chi connectivity index (χ2v) is 7.96. The van der Waals surface area contributed by atoms with Crippen molar-refractivity contribution >= 4 is 5.96 Å².